The Morgan fingerprint density at radius 1 is 1.38 bits per heavy atom. The van der Waals surface area contributed by atoms with E-state index < -0.39 is 5.60 Å². The van der Waals surface area contributed by atoms with E-state index in [1.807, 2.05) is 24.3 Å². The second-order valence-electron chi connectivity index (χ2n) is 4.34. The van der Waals surface area contributed by atoms with Crippen molar-refractivity contribution in [1.82, 2.24) is 0 Å². The molecule has 88 valence electrons. The Balaban J connectivity index is 2.40. The summed E-state index contributed by atoms with van der Waals surface area (Å²) in [6.07, 6.45) is 3.67. The van der Waals surface area contributed by atoms with Gasteiger partial charge in [0.2, 0.25) is 0 Å². The summed E-state index contributed by atoms with van der Waals surface area (Å²) in [5, 5.41) is 10.5. The van der Waals surface area contributed by atoms with E-state index in [2.05, 4.69) is 0 Å². The van der Waals surface area contributed by atoms with Gasteiger partial charge in [0.15, 0.2) is 0 Å². The number of alkyl halides is 1. The van der Waals surface area contributed by atoms with Crippen LogP contribution in [0.3, 0.4) is 0 Å². The average molecular weight is 241 g/mol. The van der Waals surface area contributed by atoms with Crippen LogP contribution in [0.5, 0.6) is 5.75 Å². The monoisotopic (exact) mass is 240 g/mol. The normalized spacial score (nSPS) is 30.1. The molecule has 0 bridgehead atoms. The maximum Gasteiger partial charge on any atom is 0.125 e. The second kappa shape index (κ2) is 4.64. The SMILES string of the molecule is COc1ccccc1[C@@]1(O)CCCC[C@@H]1Cl. The van der Waals surface area contributed by atoms with Crippen LogP contribution in [0.4, 0.5) is 0 Å². The predicted octanol–water partition coefficient (Wildman–Crippen LogP) is 3.06. The number of rotatable bonds is 2. The zero-order chi connectivity index (χ0) is 11.6. The van der Waals surface area contributed by atoms with Gasteiger partial charge in [0.05, 0.1) is 12.5 Å². The van der Waals surface area contributed by atoms with Gasteiger partial charge < -0.3 is 9.84 Å². The molecular weight excluding hydrogens is 224 g/mol. The molecule has 0 spiro atoms. The zero-order valence-electron chi connectivity index (χ0n) is 9.45. The van der Waals surface area contributed by atoms with Crippen molar-refractivity contribution in [1.29, 1.82) is 0 Å². The molecule has 2 nitrogen and oxygen atoms in total. The summed E-state index contributed by atoms with van der Waals surface area (Å²) in [7, 11) is 1.62. The van der Waals surface area contributed by atoms with E-state index in [9.17, 15) is 5.11 Å². The smallest absolute Gasteiger partial charge is 0.125 e. The molecule has 1 aliphatic rings. The number of benzene rings is 1. The molecule has 0 aromatic heterocycles. The Hall–Kier alpha value is -0.730. The van der Waals surface area contributed by atoms with Gasteiger partial charge in [-0.25, -0.2) is 0 Å². The van der Waals surface area contributed by atoms with Gasteiger partial charge in [0.25, 0.3) is 0 Å². The first-order chi connectivity index (χ1) is 7.68. The molecule has 0 unspecified atom stereocenters. The first kappa shape index (κ1) is 11.7. The molecule has 1 aromatic carbocycles. The van der Waals surface area contributed by atoms with Crippen LogP contribution in [0.1, 0.15) is 31.2 Å². The fraction of sp³-hybridized carbons (Fsp3) is 0.538. The van der Waals surface area contributed by atoms with Crippen LogP contribution in [0.2, 0.25) is 0 Å². The Morgan fingerprint density at radius 2 is 2.12 bits per heavy atom. The zero-order valence-corrected chi connectivity index (χ0v) is 10.2. The molecule has 1 N–H and O–H groups in total. The largest absolute Gasteiger partial charge is 0.496 e. The maximum absolute atomic E-state index is 10.7. The second-order valence-corrected chi connectivity index (χ2v) is 4.86. The summed E-state index contributed by atoms with van der Waals surface area (Å²) in [4.78, 5) is 0. The summed E-state index contributed by atoms with van der Waals surface area (Å²) in [6, 6.07) is 7.58. The number of hydrogen-bond donors (Lipinski definition) is 1. The summed E-state index contributed by atoms with van der Waals surface area (Å²) < 4.78 is 5.29. The van der Waals surface area contributed by atoms with Gasteiger partial charge in [0, 0.05) is 5.56 Å². The van der Waals surface area contributed by atoms with Crippen LogP contribution in [0, 0.1) is 0 Å². The highest BCUT2D eigenvalue weighted by atomic mass is 35.5. The van der Waals surface area contributed by atoms with Gasteiger partial charge in [0.1, 0.15) is 11.4 Å². The molecule has 16 heavy (non-hydrogen) atoms. The third kappa shape index (κ3) is 1.92. The highest BCUT2D eigenvalue weighted by molar-refractivity contribution is 6.21. The van der Waals surface area contributed by atoms with E-state index in [4.69, 9.17) is 16.3 Å². The summed E-state index contributed by atoms with van der Waals surface area (Å²) in [5.74, 6) is 0.720. The van der Waals surface area contributed by atoms with Crippen molar-refractivity contribution in [2.24, 2.45) is 0 Å². The van der Waals surface area contributed by atoms with Crippen molar-refractivity contribution in [2.75, 3.05) is 7.11 Å². The Bertz CT molecular complexity index is 367. The molecule has 0 radical (unpaired) electrons. The summed E-state index contributed by atoms with van der Waals surface area (Å²) >= 11 is 6.28. The minimum atomic E-state index is -0.938. The van der Waals surface area contributed by atoms with Crippen LogP contribution in [-0.4, -0.2) is 17.6 Å². The van der Waals surface area contributed by atoms with Gasteiger partial charge in [-0.3, -0.25) is 0 Å². The van der Waals surface area contributed by atoms with E-state index in [-0.39, 0.29) is 5.38 Å². The Morgan fingerprint density at radius 3 is 2.81 bits per heavy atom. The molecule has 1 fully saturated rings. The van der Waals surface area contributed by atoms with Gasteiger partial charge in [-0.15, -0.1) is 11.6 Å². The highest BCUT2D eigenvalue weighted by Crippen LogP contribution is 2.43. The third-order valence-electron chi connectivity index (χ3n) is 3.36. The lowest BCUT2D eigenvalue weighted by Gasteiger charge is -2.37. The van der Waals surface area contributed by atoms with Crippen molar-refractivity contribution < 1.29 is 9.84 Å². The first-order valence-corrected chi connectivity index (χ1v) is 6.12. The molecule has 2 atom stereocenters. The number of para-hydroxylation sites is 1. The van der Waals surface area contributed by atoms with E-state index in [0.717, 1.165) is 30.6 Å². The van der Waals surface area contributed by atoms with Gasteiger partial charge in [-0.1, -0.05) is 31.0 Å². The van der Waals surface area contributed by atoms with Crippen molar-refractivity contribution in [2.45, 2.75) is 36.7 Å². The topological polar surface area (TPSA) is 29.5 Å². The molecule has 0 heterocycles. The third-order valence-corrected chi connectivity index (χ3v) is 3.94. The lowest BCUT2D eigenvalue weighted by Crippen LogP contribution is -2.39. The standard InChI is InChI=1S/C13H17ClO2/c1-16-11-7-3-2-6-10(11)13(15)9-5-4-8-12(13)14/h2-3,6-7,12,15H,4-5,8-9H2,1H3/t12-,13-/m0/s1. The van der Waals surface area contributed by atoms with E-state index in [1.54, 1.807) is 7.11 Å². The number of ether oxygens (including phenoxy) is 1. The van der Waals surface area contributed by atoms with Crippen LogP contribution >= 0.6 is 11.6 Å². The fourth-order valence-electron chi connectivity index (χ4n) is 2.42. The molecule has 3 heteroatoms. The van der Waals surface area contributed by atoms with Crippen molar-refractivity contribution in [3.8, 4) is 5.75 Å². The molecule has 1 aromatic rings. The first-order valence-electron chi connectivity index (χ1n) is 5.68. The molecule has 0 aliphatic heterocycles. The minimum absolute atomic E-state index is 0.224. The summed E-state index contributed by atoms with van der Waals surface area (Å²) in [5.41, 5.74) is -0.121. The predicted molar refractivity (Wildman–Crippen MR) is 65.0 cm³/mol. The fourth-order valence-corrected chi connectivity index (χ4v) is 2.80. The van der Waals surface area contributed by atoms with Crippen LogP contribution in [0.15, 0.2) is 24.3 Å². The molecule has 1 saturated carbocycles. The lowest BCUT2D eigenvalue weighted by molar-refractivity contribution is 0.00183. The number of aliphatic hydroxyl groups is 1. The van der Waals surface area contributed by atoms with Crippen molar-refractivity contribution >= 4 is 11.6 Å². The van der Waals surface area contributed by atoms with Crippen LogP contribution in [-0.2, 0) is 5.60 Å². The number of hydrogen-bond acceptors (Lipinski definition) is 2. The van der Waals surface area contributed by atoms with Crippen LogP contribution in [0.25, 0.3) is 0 Å². The van der Waals surface area contributed by atoms with E-state index in [1.165, 1.54) is 0 Å². The molecular formula is C13H17ClO2. The quantitative estimate of drug-likeness (QED) is 0.806. The molecule has 0 saturated heterocycles. The Kier molecular flexibility index (Phi) is 3.41. The average Bonchev–Trinajstić information content (AvgIpc) is 2.33. The van der Waals surface area contributed by atoms with Gasteiger partial charge in [-0.05, 0) is 18.9 Å². The summed E-state index contributed by atoms with van der Waals surface area (Å²) in [6.45, 7) is 0. The Labute approximate surface area is 101 Å². The van der Waals surface area contributed by atoms with Crippen LogP contribution < -0.4 is 4.74 Å². The highest BCUT2D eigenvalue weighted by Gasteiger charge is 2.41. The molecule has 0 amide bonds. The molecule has 1 aliphatic carbocycles. The number of halogens is 1. The van der Waals surface area contributed by atoms with E-state index >= 15 is 0 Å². The lowest BCUT2D eigenvalue weighted by atomic mass is 9.79. The van der Waals surface area contributed by atoms with E-state index in [0.29, 0.717) is 6.42 Å². The van der Waals surface area contributed by atoms with Gasteiger partial charge in [-0.2, -0.15) is 0 Å². The van der Waals surface area contributed by atoms with Gasteiger partial charge >= 0.3 is 0 Å². The van der Waals surface area contributed by atoms with Crippen molar-refractivity contribution in [3.05, 3.63) is 29.8 Å². The number of methoxy groups -OCH3 is 1. The minimum Gasteiger partial charge on any atom is -0.496 e. The maximum atomic E-state index is 10.7. The van der Waals surface area contributed by atoms with Crippen molar-refractivity contribution in [3.63, 3.8) is 0 Å². The molecule has 2 rings (SSSR count).